The summed E-state index contributed by atoms with van der Waals surface area (Å²) in [5.41, 5.74) is 5.15. The zero-order chi connectivity index (χ0) is 21.5. The molecule has 0 radical (unpaired) electrons. The molecular formula is C24H27ClN2O2S. The van der Waals surface area contributed by atoms with E-state index in [1.807, 2.05) is 18.2 Å². The molecule has 0 saturated heterocycles. The van der Waals surface area contributed by atoms with Gasteiger partial charge in [0.15, 0.2) is 5.13 Å². The van der Waals surface area contributed by atoms with Crippen LogP contribution in [0.15, 0.2) is 35.7 Å². The van der Waals surface area contributed by atoms with Crippen LogP contribution >= 0.6 is 22.9 Å². The SMILES string of the molecule is CCC(C)(C)C1CCc2c(cc(-c3cccc(Cl)c3)n2-c2nc(OC(C)=O)cs2)C1. The Labute approximate surface area is 186 Å². The minimum atomic E-state index is -0.360. The lowest BCUT2D eigenvalue weighted by Gasteiger charge is -2.36. The Morgan fingerprint density at radius 1 is 1.37 bits per heavy atom. The van der Waals surface area contributed by atoms with E-state index in [2.05, 4.69) is 42.5 Å². The van der Waals surface area contributed by atoms with Gasteiger partial charge >= 0.3 is 5.97 Å². The van der Waals surface area contributed by atoms with E-state index in [-0.39, 0.29) is 5.97 Å². The van der Waals surface area contributed by atoms with Gasteiger partial charge in [-0.1, -0.05) is 50.9 Å². The van der Waals surface area contributed by atoms with Crippen molar-refractivity contribution in [3.05, 3.63) is 52.0 Å². The number of nitrogens with zero attached hydrogens (tertiary/aromatic N) is 2. The molecule has 1 aliphatic rings. The summed E-state index contributed by atoms with van der Waals surface area (Å²) in [6.45, 7) is 8.43. The molecule has 0 fully saturated rings. The maximum atomic E-state index is 11.3. The Balaban J connectivity index is 1.82. The smallest absolute Gasteiger partial charge is 0.309 e. The Kier molecular flexibility index (Phi) is 5.78. The Bertz CT molecular complexity index is 1080. The maximum absolute atomic E-state index is 11.3. The molecule has 6 heteroatoms. The first-order valence-electron chi connectivity index (χ1n) is 10.4. The molecule has 1 atom stereocenters. The number of aromatic nitrogens is 2. The van der Waals surface area contributed by atoms with E-state index in [0.29, 0.717) is 22.2 Å². The maximum Gasteiger partial charge on any atom is 0.309 e. The molecule has 2 aromatic heterocycles. The van der Waals surface area contributed by atoms with Crippen LogP contribution in [0.4, 0.5) is 0 Å². The second kappa shape index (κ2) is 8.20. The minimum Gasteiger partial charge on any atom is -0.407 e. The zero-order valence-corrected chi connectivity index (χ0v) is 19.4. The number of thiazole rings is 1. The van der Waals surface area contributed by atoms with Crippen LogP contribution < -0.4 is 4.74 Å². The summed E-state index contributed by atoms with van der Waals surface area (Å²) in [6.07, 6.45) is 4.41. The Morgan fingerprint density at radius 3 is 2.87 bits per heavy atom. The first kappa shape index (κ1) is 21.1. The van der Waals surface area contributed by atoms with Gasteiger partial charge in [0.2, 0.25) is 5.88 Å². The molecule has 30 heavy (non-hydrogen) atoms. The van der Waals surface area contributed by atoms with Crippen LogP contribution in [0.1, 0.15) is 51.8 Å². The van der Waals surface area contributed by atoms with Gasteiger partial charge in [-0.25, -0.2) is 0 Å². The van der Waals surface area contributed by atoms with Crippen molar-refractivity contribution in [2.45, 2.75) is 53.4 Å². The van der Waals surface area contributed by atoms with Crippen LogP contribution in [0.5, 0.6) is 5.88 Å². The molecule has 1 aliphatic carbocycles. The number of esters is 1. The van der Waals surface area contributed by atoms with Crippen LogP contribution in [0.25, 0.3) is 16.4 Å². The number of rotatable bonds is 5. The number of fused-ring (bicyclic) bond motifs is 1. The summed E-state index contributed by atoms with van der Waals surface area (Å²) in [6, 6.07) is 10.2. The summed E-state index contributed by atoms with van der Waals surface area (Å²) >= 11 is 7.79. The van der Waals surface area contributed by atoms with E-state index in [1.165, 1.54) is 35.9 Å². The topological polar surface area (TPSA) is 44.1 Å². The molecule has 0 amide bonds. The summed E-state index contributed by atoms with van der Waals surface area (Å²) in [7, 11) is 0. The lowest BCUT2D eigenvalue weighted by Crippen LogP contribution is -2.29. The van der Waals surface area contributed by atoms with Gasteiger partial charge in [0.05, 0.1) is 11.1 Å². The molecule has 158 valence electrons. The highest BCUT2D eigenvalue weighted by Crippen LogP contribution is 2.43. The van der Waals surface area contributed by atoms with Crippen molar-refractivity contribution in [2.24, 2.45) is 11.3 Å². The standard InChI is InChI=1S/C24H27ClN2O2S/c1-5-24(3,4)18-9-10-20-17(11-18)13-21(16-7-6-8-19(25)12-16)27(20)23-26-22(14-30-23)29-15(2)28/h6-8,12-14,18H,5,9-11H2,1-4H3. The van der Waals surface area contributed by atoms with Crippen molar-refractivity contribution < 1.29 is 9.53 Å². The minimum absolute atomic E-state index is 0.319. The van der Waals surface area contributed by atoms with E-state index in [1.54, 1.807) is 5.38 Å². The van der Waals surface area contributed by atoms with Gasteiger partial charge in [0.1, 0.15) is 0 Å². The third-order valence-electron chi connectivity index (χ3n) is 6.44. The quantitative estimate of drug-likeness (QED) is 0.412. The highest BCUT2D eigenvalue weighted by molar-refractivity contribution is 7.12. The average molecular weight is 443 g/mol. The van der Waals surface area contributed by atoms with Gasteiger partial charge in [-0.2, -0.15) is 4.98 Å². The molecular weight excluding hydrogens is 416 g/mol. The van der Waals surface area contributed by atoms with E-state index >= 15 is 0 Å². The summed E-state index contributed by atoms with van der Waals surface area (Å²) < 4.78 is 7.43. The molecule has 2 heterocycles. The van der Waals surface area contributed by atoms with Crippen molar-refractivity contribution in [1.29, 1.82) is 0 Å². The number of carbonyl (C=O) groups is 1. The first-order valence-corrected chi connectivity index (χ1v) is 11.7. The molecule has 0 N–H and O–H groups in total. The van der Waals surface area contributed by atoms with Crippen LogP contribution in [-0.4, -0.2) is 15.5 Å². The number of hydrogen-bond donors (Lipinski definition) is 0. The van der Waals surface area contributed by atoms with Gasteiger partial charge in [-0.05, 0) is 54.4 Å². The van der Waals surface area contributed by atoms with Crippen LogP contribution in [0.2, 0.25) is 5.02 Å². The number of hydrogen-bond acceptors (Lipinski definition) is 4. The van der Waals surface area contributed by atoms with Crippen molar-refractivity contribution in [2.75, 3.05) is 0 Å². The van der Waals surface area contributed by atoms with Crippen LogP contribution in [-0.2, 0) is 17.6 Å². The first-order chi connectivity index (χ1) is 14.3. The lowest BCUT2D eigenvalue weighted by molar-refractivity contribution is -0.132. The van der Waals surface area contributed by atoms with Crippen molar-refractivity contribution in [3.8, 4) is 22.3 Å². The predicted octanol–water partition coefficient (Wildman–Crippen LogP) is 6.72. The molecule has 0 spiro atoms. The van der Waals surface area contributed by atoms with E-state index in [4.69, 9.17) is 16.3 Å². The third-order valence-corrected chi connectivity index (χ3v) is 7.47. The lowest BCUT2D eigenvalue weighted by atomic mass is 9.69. The molecule has 0 aliphatic heterocycles. The van der Waals surface area contributed by atoms with Gasteiger partial charge in [0.25, 0.3) is 0 Å². The molecule has 3 aromatic rings. The summed E-state index contributed by atoms with van der Waals surface area (Å²) in [4.78, 5) is 15.9. The molecule has 0 saturated carbocycles. The summed E-state index contributed by atoms with van der Waals surface area (Å²) in [5, 5.41) is 3.31. The van der Waals surface area contributed by atoms with E-state index in [0.717, 1.165) is 35.7 Å². The number of halogens is 1. The highest BCUT2D eigenvalue weighted by atomic mass is 35.5. The fraction of sp³-hybridized carbons (Fsp3) is 0.417. The van der Waals surface area contributed by atoms with Gasteiger partial charge < -0.3 is 4.74 Å². The normalized spacial score (nSPS) is 16.4. The average Bonchev–Trinajstić information content (AvgIpc) is 3.30. The monoisotopic (exact) mass is 442 g/mol. The fourth-order valence-electron chi connectivity index (χ4n) is 4.31. The Morgan fingerprint density at radius 2 is 2.17 bits per heavy atom. The van der Waals surface area contributed by atoms with Crippen molar-refractivity contribution in [3.63, 3.8) is 0 Å². The van der Waals surface area contributed by atoms with Gasteiger partial charge in [0, 0.05) is 23.2 Å². The van der Waals surface area contributed by atoms with E-state index < -0.39 is 0 Å². The largest absolute Gasteiger partial charge is 0.407 e. The van der Waals surface area contributed by atoms with E-state index in [9.17, 15) is 4.79 Å². The van der Waals surface area contributed by atoms with Gasteiger partial charge in [-0.15, -0.1) is 11.3 Å². The second-order valence-electron chi connectivity index (χ2n) is 8.69. The zero-order valence-electron chi connectivity index (χ0n) is 17.9. The number of carbonyl (C=O) groups excluding carboxylic acids is 1. The molecule has 1 unspecified atom stereocenters. The second-order valence-corrected chi connectivity index (χ2v) is 9.96. The van der Waals surface area contributed by atoms with Crippen molar-refractivity contribution in [1.82, 2.24) is 9.55 Å². The van der Waals surface area contributed by atoms with Crippen molar-refractivity contribution >= 4 is 28.9 Å². The Hall–Kier alpha value is -2.11. The molecule has 4 rings (SSSR count). The number of ether oxygens (including phenoxy) is 1. The predicted molar refractivity (Wildman–Crippen MR) is 123 cm³/mol. The number of benzene rings is 1. The summed E-state index contributed by atoms with van der Waals surface area (Å²) in [5.74, 6) is 0.648. The fourth-order valence-corrected chi connectivity index (χ4v) is 5.26. The highest BCUT2D eigenvalue weighted by Gasteiger charge is 2.33. The van der Waals surface area contributed by atoms with Crippen LogP contribution in [0, 0.1) is 11.3 Å². The van der Waals surface area contributed by atoms with Crippen LogP contribution in [0.3, 0.4) is 0 Å². The molecule has 4 nitrogen and oxygen atoms in total. The third kappa shape index (κ3) is 4.06. The molecule has 1 aromatic carbocycles. The van der Waals surface area contributed by atoms with Gasteiger partial charge in [-0.3, -0.25) is 9.36 Å². The molecule has 0 bridgehead atoms.